The zero-order chi connectivity index (χ0) is 5.98. The van der Waals surface area contributed by atoms with E-state index in [1.165, 1.54) is 0 Å². The molecule has 0 saturated carbocycles. The summed E-state index contributed by atoms with van der Waals surface area (Å²) in [4.78, 5) is 10.5. The van der Waals surface area contributed by atoms with Gasteiger partial charge >= 0.3 is 0 Å². The van der Waals surface area contributed by atoms with Gasteiger partial charge < -0.3 is 0 Å². The minimum atomic E-state index is 0. The third-order valence-corrected chi connectivity index (χ3v) is 1.22. The van der Waals surface area contributed by atoms with Crippen molar-refractivity contribution in [3.05, 3.63) is 24.3 Å². The van der Waals surface area contributed by atoms with Gasteiger partial charge in [-0.3, -0.25) is 4.79 Å². The summed E-state index contributed by atoms with van der Waals surface area (Å²) in [7, 11) is 0. The van der Waals surface area contributed by atoms with Crippen LogP contribution in [0.15, 0.2) is 24.3 Å². The predicted octanol–water partition coefficient (Wildman–Crippen LogP) is 1.32. The van der Waals surface area contributed by atoms with Gasteiger partial charge in [-0.15, -0.1) is 0 Å². The first kappa shape index (κ1) is 8.66. The van der Waals surface area contributed by atoms with E-state index in [2.05, 4.69) is 0 Å². The normalized spacial score (nSPS) is 15.7. The molecule has 0 unspecified atom stereocenters. The molecule has 0 saturated heterocycles. The van der Waals surface area contributed by atoms with E-state index in [4.69, 9.17) is 0 Å². The van der Waals surface area contributed by atoms with Crippen molar-refractivity contribution in [2.45, 2.75) is 6.92 Å². The molecular weight excluding hydrogens is 159 g/mol. The molecule has 0 amide bonds. The topological polar surface area (TPSA) is 17.1 Å². The van der Waals surface area contributed by atoms with E-state index in [0.29, 0.717) is 0 Å². The molecule has 2 heteroatoms. The first-order valence-corrected chi connectivity index (χ1v) is 2.66. The van der Waals surface area contributed by atoms with E-state index in [1.807, 2.05) is 24.3 Å². The van der Waals surface area contributed by atoms with Gasteiger partial charge in [-0.1, -0.05) is 24.3 Å². The maximum absolute atomic E-state index is 10.5. The molecule has 1 aliphatic carbocycles. The summed E-state index contributed by atoms with van der Waals surface area (Å²) in [5.41, 5.74) is 0. The summed E-state index contributed by atoms with van der Waals surface area (Å²) >= 11 is 0. The van der Waals surface area contributed by atoms with E-state index >= 15 is 0 Å². The fourth-order valence-corrected chi connectivity index (χ4v) is 0.703. The van der Waals surface area contributed by atoms with Crippen molar-refractivity contribution in [2.75, 3.05) is 0 Å². The van der Waals surface area contributed by atoms with Crippen molar-refractivity contribution < 1.29 is 21.6 Å². The van der Waals surface area contributed by atoms with Gasteiger partial charge in [0.05, 0.1) is 5.92 Å². The molecule has 1 aliphatic rings. The Morgan fingerprint density at radius 3 is 2.00 bits per heavy atom. The van der Waals surface area contributed by atoms with Crippen LogP contribution in [0, 0.1) is 5.92 Å². The van der Waals surface area contributed by atoms with Crippen molar-refractivity contribution >= 4 is 5.78 Å². The molecule has 0 bridgehead atoms. The number of ketones is 1. The van der Waals surface area contributed by atoms with Crippen LogP contribution in [0.2, 0.25) is 0 Å². The minimum Gasteiger partial charge on any atom is -0.299 e. The molecule has 0 aromatic heterocycles. The number of allylic oxidation sites excluding steroid dienone is 4. The molecule has 9 heavy (non-hydrogen) atoms. The third kappa shape index (κ3) is 2.16. The molecule has 51 valence electrons. The van der Waals surface area contributed by atoms with Crippen LogP contribution >= 0.6 is 0 Å². The molecule has 0 spiro atoms. The Morgan fingerprint density at radius 1 is 1.33 bits per heavy atom. The van der Waals surface area contributed by atoms with Gasteiger partial charge in [-0.2, -0.15) is 0 Å². The summed E-state index contributed by atoms with van der Waals surface area (Å²) in [6.45, 7) is 1.60. The van der Waals surface area contributed by atoms with Crippen LogP contribution in [0.25, 0.3) is 0 Å². The Labute approximate surface area is 65.0 Å². The van der Waals surface area contributed by atoms with Gasteiger partial charge in [0, 0.05) is 16.8 Å². The van der Waals surface area contributed by atoms with E-state index in [1.54, 1.807) is 6.92 Å². The number of rotatable bonds is 1. The SMILES string of the molecule is CC(=O)C1C=CC=C1.[Co]. The molecule has 0 aromatic carbocycles. The van der Waals surface area contributed by atoms with Crippen molar-refractivity contribution in [1.29, 1.82) is 0 Å². The second kappa shape index (κ2) is 3.64. The van der Waals surface area contributed by atoms with Gasteiger partial charge in [0.15, 0.2) is 0 Å². The van der Waals surface area contributed by atoms with Crippen molar-refractivity contribution in [1.82, 2.24) is 0 Å². The number of hydrogen-bond acceptors (Lipinski definition) is 1. The zero-order valence-corrected chi connectivity index (χ0v) is 6.17. The Kier molecular flexibility index (Phi) is 3.50. The quantitative estimate of drug-likeness (QED) is 0.575. The van der Waals surface area contributed by atoms with Crippen LogP contribution in [-0.4, -0.2) is 5.78 Å². The van der Waals surface area contributed by atoms with Crippen LogP contribution in [0.3, 0.4) is 0 Å². The van der Waals surface area contributed by atoms with E-state index in [-0.39, 0.29) is 28.5 Å². The number of carbonyl (C=O) groups excluding carboxylic acids is 1. The average molecular weight is 167 g/mol. The van der Waals surface area contributed by atoms with Gasteiger partial charge in [-0.05, 0) is 6.92 Å². The summed E-state index contributed by atoms with van der Waals surface area (Å²) in [6, 6.07) is 0. The maximum Gasteiger partial charge on any atom is 0.140 e. The smallest absolute Gasteiger partial charge is 0.140 e. The Bertz CT molecular complexity index is 146. The van der Waals surface area contributed by atoms with Gasteiger partial charge in [0.1, 0.15) is 5.78 Å². The van der Waals surface area contributed by atoms with Gasteiger partial charge in [0.2, 0.25) is 0 Å². The first-order chi connectivity index (χ1) is 3.80. The second-order valence-corrected chi connectivity index (χ2v) is 1.91. The maximum atomic E-state index is 10.5. The fourth-order valence-electron chi connectivity index (χ4n) is 0.703. The van der Waals surface area contributed by atoms with Crippen LogP contribution < -0.4 is 0 Å². The van der Waals surface area contributed by atoms with E-state index < -0.39 is 0 Å². The Hall–Kier alpha value is -0.344. The van der Waals surface area contributed by atoms with E-state index in [0.717, 1.165) is 0 Å². The zero-order valence-electron chi connectivity index (χ0n) is 5.13. The molecule has 1 rings (SSSR count). The Morgan fingerprint density at radius 2 is 1.78 bits per heavy atom. The first-order valence-electron chi connectivity index (χ1n) is 2.66. The van der Waals surface area contributed by atoms with Crippen molar-refractivity contribution in [3.8, 4) is 0 Å². The Balaban J connectivity index is 0.000000640. The number of Topliss-reactive ketones (excluding diaryl/α,β-unsaturated/α-hetero) is 1. The molecule has 0 N–H and O–H groups in total. The summed E-state index contributed by atoms with van der Waals surface area (Å²) in [5.74, 6) is 0.282. The standard InChI is InChI=1S/C7H8O.Co/c1-6(8)7-4-2-3-5-7;/h2-5,7H,1H3;. The van der Waals surface area contributed by atoms with Crippen molar-refractivity contribution in [3.63, 3.8) is 0 Å². The second-order valence-electron chi connectivity index (χ2n) is 1.91. The summed E-state index contributed by atoms with van der Waals surface area (Å²) in [5, 5.41) is 0. The molecule has 1 nitrogen and oxygen atoms in total. The van der Waals surface area contributed by atoms with Crippen molar-refractivity contribution in [2.24, 2.45) is 5.92 Å². The number of hydrogen-bond donors (Lipinski definition) is 0. The third-order valence-electron chi connectivity index (χ3n) is 1.22. The van der Waals surface area contributed by atoms with Crippen LogP contribution in [-0.2, 0) is 21.6 Å². The van der Waals surface area contributed by atoms with Crippen LogP contribution in [0.5, 0.6) is 0 Å². The molecule has 0 atom stereocenters. The van der Waals surface area contributed by atoms with Gasteiger partial charge in [-0.25, -0.2) is 0 Å². The minimum absolute atomic E-state index is 0. The number of carbonyl (C=O) groups is 1. The van der Waals surface area contributed by atoms with Crippen LogP contribution in [0.1, 0.15) is 6.92 Å². The molecule has 0 aromatic rings. The average Bonchev–Trinajstić information content (AvgIpc) is 2.12. The van der Waals surface area contributed by atoms with Gasteiger partial charge in [0.25, 0.3) is 0 Å². The largest absolute Gasteiger partial charge is 0.299 e. The molecule has 1 radical (unpaired) electrons. The van der Waals surface area contributed by atoms with Crippen LogP contribution in [0.4, 0.5) is 0 Å². The molecule has 0 fully saturated rings. The molecule has 0 heterocycles. The van der Waals surface area contributed by atoms with E-state index in [9.17, 15) is 4.79 Å². The summed E-state index contributed by atoms with van der Waals surface area (Å²) < 4.78 is 0. The molecular formula is C7H8CoO. The fraction of sp³-hybridized carbons (Fsp3) is 0.286. The molecule has 0 aliphatic heterocycles. The monoisotopic (exact) mass is 167 g/mol. The predicted molar refractivity (Wildman–Crippen MR) is 32.5 cm³/mol. The summed E-state index contributed by atoms with van der Waals surface area (Å²) in [6.07, 6.45) is 7.57.